The van der Waals surface area contributed by atoms with Gasteiger partial charge in [-0.2, -0.15) is 0 Å². The van der Waals surface area contributed by atoms with Crippen molar-refractivity contribution in [2.75, 3.05) is 6.61 Å². The maximum atomic E-state index is 15.3. The largest absolute Gasteiger partial charge is 0.463 e. The number of carbonyl (C=O) groups excluding carboxylic acids is 3. The molecule has 29 heavy (non-hydrogen) atoms. The van der Waals surface area contributed by atoms with Gasteiger partial charge in [-0.25, -0.2) is 9.18 Å². The Kier molecular flexibility index (Phi) is 6.90. The van der Waals surface area contributed by atoms with Crippen molar-refractivity contribution < 1.29 is 37.7 Å². The normalized spacial score (nSPS) is 26.4. The van der Waals surface area contributed by atoms with Crippen molar-refractivity contribution in [1.82, 2.24) is 9.55 Å². The highest BCUT2D eigenvalue weighted by atomic mass is 19.1. The zero-order valence-electron chi connectivity index (χ0n) is 16.2. The summed E-state index contributed by atoms with van der Waals surface area (Å²) in [5.74, 6) is -2.41. The van der Waals surface area contributed by atoms with E-state index >= 15 is 4.39 Å². The molecule has 1 aliphatic heterocycles. The number of hydrogen-bond acceptors (Lipinski definition) is 9. The molecule has 0 unspecified atom stereocenters. The van der Waals surface area contributed by atoms with Gasteiger partial charge in [-0.05, 0) is 6.92 Å². The van der Waals surface area contributed by atoms with E-state index in [-0.39, 0.29) is 5.56 Å². The number of ether oxygens (including phenoxy) is 4. The van der Waals surface area contributed by atoms with E-state index < -0.39 is 66.5 Å². The summed E-state index contributed by atoms with van der Waals surface area (Å²) < 4.78 is 36.6. The van der Waals surface area contributed by atoms with Crippen LogP contribution in [-0.4, -0.2) is 58.5 Å². The molecule has 1 aromatic heterocycles. The lowest BCUT2D eigenvalue weighted by Gasteiger charge is -2.42. The molecule has 1 saturated heterocycles. The third-order valence-electron chi connectivity index (χ3n) is 4.06. The predicted molar refractivity (Wildman–Crippen MR) is 92.6 cm³/mol. The lowest BCUT2D eigenvalue weighted by atomic mass is 9.98. The Morgan fingerprint density at radius 1 is 1.10 bits per heavy atom. The molecule has 1 N–H and O–H groups in total. The quantitative estimate of drug-likeness (QED) is 0.497. The van der Waals surface area contributed by atoms with Crippen molar-refractivity contribution >= 4 is 17.9 Å². The number of alkyl halides is 1. The van der Waals surface area contributed by atoms with Gasteiger partial charge in [0.2, 0.25) is 0 Å². The molecule has 2 heterocycles. The van der Waals surface area contributed by atoms with Crippen LogP contribution in [0.1, 0.15) is 32.6 Å². The third kappa shape index (κ3) is 5.28. The number of H-pyrrole nitrogens is 1. The fourth-order valence-electron chi connectivity index (χ4n) is 2.86. The number of aromatic amines is 1. The molecule has 11 nitrogen and oxygen atoms in total. The molecule has 1 aliphatic rings. The molecule has 5 atom stereocenters. The van der Waals surface area contributed by atoms with Gasteiger partial charge >= 0.3 is 23.6 Å². The minimum Gasteiger partial charge on any atom is -0.463 e. The van der Waals surface area contributed by atoms with Crippen molar-refractivity contribution in [2.45, 2.75) is 58.4 Å². The lowest BCUT2D eigenvalue weighted by molar-refractivity contribution is -0.252. The number of halogens is 1. The molecule has 0 radical (unpaired) electrons. The maximum Gasteiger partial charge on any atom is 0.330 e. The molecule has 0 saturated carbocycles. The first-order chi connectivity index (χ1) is 13.5. The Morgan fingerprint density at radius 2 is 1.69 bits per heavy atom. The van der Waals surface area contributed by atoms with Gasteiger partial charge in [-0.3, -0.25) is 28.7 Å². The zero-order valence-corrected chi connectivity index (χ0v) is 16.2. The van der Waals surface area contributed by atoms with Crippen LogP contribution in [0.3, 0.4) is 0 Å². The van der Waals surface area contributed by atoms with Gasteiger partial charge in [0.1, 0.15) is 12.7 Å². The van der Waals surface area contributed by atoms with Crippen molar-refractivity contribution in [3.8, 4) is 0 Å². The summed E-state index contributed by atoms with van der Waals surface area (Å²) in [5.41, 5.74) is -1.48. The molecule has 0 bridgehead atoms. The summed E-state index contributed by atoms with van der Waals surface area (Å²) >= 11 is 0. The first-order valence-electron chi connectivity index (χ1n) is 8.60. The summed E-state index contributed by atoms with van der Waals surface area (Å²) in [6.45, 7) is 4.10. The van der Waals surface area contributed by atoms with Gasteiger partial charge in [0.05, 0.1) is 0 Å². The van der Waals surface area contributed by atoms with Gasteiger partial charge in [0, 0.05) is 32.5 Å². The van der Waals surface area contributed by atoms with Crippen LogP contribution in [0, 0.1) is 6.92 Å². The number of hydrogen-bond donors (Lipinski definition) is 1. The first kappa shape index (κ1) is 22.3. The SMILES string of the molecule is CC(=O)OC[C@H]1O[C@@H](n2cc(C)c(=O)[nH]c2=O)[C@H](OC(C)=O)[C@@H](F)[C@@H]1OC(C)=O. The van der Waals surface area contributed by atoms with Crippen LogP contribution in [0.25, 0.3) is 0 Å². The molecule has 12 heteroatoms. The van der Waals surface area contributed by atoms with Crippen LogP contribution in [0.4, 0.5) is 4.39 Å². The average Bonchev–Trinajstić information content (AvgIpc) is 2.60. The van der Waals surface area contributed by atoms with Crippen molar-refractivity contribution in [3.63, 3.8) is 0 Å². The Labute approximate surface area is 163 Å². The molecule has 2 rings (SSSR count). The standard InChI is InChI=1S/C17H21FN2O9/c1-7-5-20(17(25)19-15(7)24)16-14(28-10(4)23)12(18)13(27-9(3)22)11(29-16)6-26-8(2)21/h5,11-14,16H,6H2,1-4H3,(H,19,24,25)/t11-,12+,13-,14-,16-/m1/s1. The molecule has 0 spiro atoms. The average molecular weight is 416 g/mol. The number of rotatable bonds is 5. The van der Waals surface area contributed by atoms with Crippen LogP contribution in [0.15, 0.2) is 15.8 Å². The van der Waals surface area contributed by atoms with Crippen LogP contribution in [0.2, 0.25) is 0 Å². The van der Waals surface area contributed by atoms with E-state index in [0.29, 0.717) is 0 Å². The van der Waals surface area contributed by atoms with E-state index in [1.165, 1.54) is 6.92 Å². The van der Waals surface area contributed by atoms with Crippen molar-refractivity contribution in [1.29, 1.82) is 0 Å². The van der Waals surface area contributed by atoms with E-state index in [1.807, 2.05) is 4.98 Å². The van der Waals surface area contributed by atoms with Gasteiger partial charge in [-0.15, -0.1) is 0 Å². The maximum absolute atomic E-state index is 15.3. The van der Waals surface area contributed by atoms with Gasteiger partial charge < -0.3 is 18.9 Å². The summed E-state index contributed by atoms with van der Waals surface area (Å²) in [6.07, 6.45) is -7.11. The predicted octanol–water partition coefficient (Wildman–Crippen LogP) is -0.493. The number of esters is 3. The number of aryl methyl sites for hydroxylation is 1. The van der Waals surface area contributed by atoms with E-state index in [9.17, 15) is 24.0 Å². The Balaban J connectivity index is 2.51. The second-order valence-electron chi connectivity index (χ2n) is 6.44. The van der Waals surface area contributed by atoms with Crippen LogP contribution in [0.5, 0.6) is 0 Å². The lowest BCUT2D eigenvalue weighted by Crippen LogP contribution is -2.59. The molecule has 1 aromatic rings. The highest BCUT2D eigenvalue weighted by Crippen LogP contribution is 2.33. The zero-order chi connectivity index (χ0) is 21.9. The Hall–Kier alpha value is -3.02. The second-order valence-corrected chi connectivity index (χ2v) is 6.44. The highest BCUT2D eigenvalue weighted by molar-refractivity contribution is 5.67. The second kappa shape index (κ2) is 8.99. The Bertz CT molecular complexity index is 907. The van der Waals surface area contributed by atoms with E-state index in [4.69, 9.17) is 18.9 Å². The first-order valence-corrected chi connectivity index (χ1v) is 8.60. The fraction of sp³-hybridized carbons (Fsp3) is 0.588. The fourth-order valence-corrected chi connectivity index (χ4v) is 2.86. The molecule has 1 fully saturated rings. The number of aromatic nitrogens is 2. The van der Waals surface area contributed by atoms with Gasteiger partial charge in [0.15, 0.2) is 24.6 Å². The minimum absolute atomic E-state index is 0.115. The van der Waals surface area contributed by atoms with Gasteiger partial charge in [0.25, 0.3) is 5.56 Å². The molecular weight excluding hydrogens is 395 g/mol. The molecule has 0 aromatic carbocycles. The summed E-state index contributed by atoms with van der Waals surface area (Å²) in [4.78, 5) is 60.0. The van der Waals surface area contributed by atoms with Crippen molar-refractivity contribution in [2.24, 2.45) is 0 Å². The van der Waals surface area contributed by atoms with Crippen LogP contribution < -0.4 is 11.2 Å². The van der Waals surface area contributed by atoms with Crippen LogP contribution in [-0.2, 0) is 33.3 Å². The Morgan fingerprint density at radius 3 is 2.24 bits per heavy atom. The molecule has 0 aliphatic carbocycles. The molecular formula is C17H21FN2O9. The van der Waals surface area contributed by atoms with Crippen LogP contribution >= 0.6 is 0 Å². The summed E-state index contributed by atoms with van der Waals surface area (Å²) in [7, 11) is 0. The third-order valence-corrected chi connectivity index (χ3v) is 4.06. The monoisotopic (exact) mass is 416 g/mol. The van der Waals surface area contributed by atoms with E-state index in [1.54, 1.807) is 0 Å². The van der Waals surface area contributed by atoms with Gasteiger partial charge in [-0.1, -0.05) is 0 Å². The number of nitrogens with zero attached hydrogens (tertiary/aromatic N) is 1. The minimum atomic E-state index is -2.12. The summed E-state index contributed by atoms with van der Waals surface area (Å²) in [6, 6.07) is 0. The number of carbonyl (C=O) groups is 3. The number of nitrogens with one attached hydrogen (secondary N) is 1. The van der Waals surface area contributed by atoms with E-state index in [0.717, 1.165) is 31.5 Å². The summed E-state index contributed by atoms with van der Waals surface area (Å²) in [5, 5.41) is 0. The molecule has 160 valence electrons. The van der Waals surface area contributed by atoms with Crippen molar-refractivity contribution in [3.05, 3.63) is 32.6 Å². The highest BCUT2D eigenvalue weighted by Gasteiger charge is 2.51. The smallest absolute Gasteiger partial charge is 0.330 e. The molecule has 0 amide bonds. The topological polar surface area (TPSA) is 143 Å². The van der Waals surface area contributed by atoms with E-state index in [2.05, 4.69) is 0 Å².